The van der Waals surface area contributed by atoms with E-state index in [0.717, 1.165) is 19.6 Å². The topological polar surface area (TPSA) is 170 Å². The molecule has 0 saturated carbocycles. The first kappa shape index (κ1) is 43.5. The number of carbonyl (C=O) groups excluding carboxylic acids is 5. The highest BCUT2D eigenvalue weighted by molar-refractivity contribution is 6.34. The van der Waals surface area contributed by atoms with Gasteiger partial charge in [0.05, 0.1) is 61.0 Å². The molecule has 0 radical (unpaired) electrons. The van der Waals surface area contributed by atoms with Crippen LogP contribution in [0.3, 0.4) is 0 Å². The third-order valence-corrected chi connectivity index (χ3v) is 12.4. The summed E-state index contributed by atoms with van der Waals surface area (Å²) in [4.78, 5) is 71.2. The molecular formula is C42H49ClF2N9O7+. The number of piperazine rings is 1. The van der Waals surface area contributed by atoms with Gasteiger partial charge in [0.15, 0.2) is 24.0 Å². The number of hydrogen-bond acceptors (Lipinski definition) is 10. The Hall–Kier alpha value is -5.56. The molecule has 7 rings (SSSR count). The van der Waals surface area contributed by atoms with Crippen molar-refractivity contribution in [3.8, 4) is 22.4 Å². The number of aromatic nitrogens is 4. The lowest BCUT2D eigenvalue weighted by Gasteiger charge is -2.46. The average molecular weight is 865 g/mol. The number of ether oxygens (including phenoxy) is 2. The van der Waals surface area contributed by atoms with Gasteiger partial charge in [-0.05, 0) is 31.2 Å². The van der Waals surface area contributed by atoms with E-state index >= 15 is 8.78 Å². The van der Waals surface area contributed by atoms with Gasteiger partial charge in [0.2, 0.25) is 5.91 Å². The summed E-state index contributed by atoms with van der Waals surface area (Å²) in [5, 5.41) is 10.4. The lowest BCUT2D eigenvalue weighted by atomic mass is 9.90. The number of esters is 1. The number of halogens is 3. The van der Waals surface area contributed by atoms with Gasteiger partial charge >= 0.3 is 12.4 Å². The Morgan fingerprint density at radius 2 is 1.69 bits per heavy atom. The monoisotopic (exact) mass is 864 g/mol. The summed E-state index contributed by atoms with van der Waals surface area (Å²) in [5.41, 5.74) is 1.64. The third kappa shape index (κ3) is 9.36. The number of hydrogen-bond donors (Lipinski definition) is 2. The maximum Gasteiger partial charge on any atom is 0.369 e. The number of aryl methyl sites for hydroxylation is 1. The highest BCUT2D eigenvalue weighted by Gasteiger charge is 2.42. The Morgan fingerprint density at radius 3 is 2.34 bits per heavy atom. The number of likely N-dealkylation sites (tertiary alicyclic amines) is 1. The van der Waals surface area contributed by atoms with Crippen molar-refractivity contribution in [3.63, 3.8) is 0 Å². The van der Waals surface area contributed by atoms with Crippen molar-refractivity contribution >= 4 is 47.5 Å². The fraction of sp³-hybridized carbons (Fsp3) is 0.452. The molecule has 0 spiro atoms. The fourth-order valence-electron chi connectivity index (χ4n) is 8.58. The van der Waals surface area contributed by atoms with E-state index in [2.05, 4.69) is 25.5 Å². The maximum atomic E-state index is 15.6. The van der Waals surface area contributed by atoms with Gasteiger partial charge in [0.1, 0.15) is 0 Å². The lowest BCUT2D eigenvalue weighted by Crippen LogP contribution is -2.62. The Balaban J connectivity index is 0.933. The van der Waals surface area contributed by atoms with Crippen LogP contribution < -0.4 is 10.6 Å². The molecule has 5 heterocycles. The van der Waals surface area contributed by atoms with Gasteiger partial charge in [-0.1, -0.05) is 17.7 Å². The second-order valence-corrected chi connectivity index (χ2v) is 16.4. The number of quaternary nitrogens is 1. The van der Waals surface area contributed by atoms with Crippen LogP contribution in [0.2, 0.25) is 5.02 Å². The zero-order valence-corrected chi connectivity index (χ0v) is 35.1. The summed E-state index contributed by atoms with van der Waals surface area (Å²) >= 11 is 6.58. The molecule has 3 amide bonds. The molecule has 2 aromatic carbocycles. The van der Waals surface area contributed by atoms with Crippen molar-refractivity contribution < 1.29 is 46.7 Å². The zero-order chi connectivity index (χ0) is 43.4. The van der Waals surface area contributed by atoms with Gasteiger partial charge in [-0.25, -0.2) is 18.6 Å². The van der Waals surface area contributed by atoms with Crippen molar-refractivity contribution in [2.75, 3.05) is 84.5 Å². The van der Waals surface area contributed by atoms with E-state index in [1.165, 1.54) is 48.1 Å². The summed E-state index contributed by atoms with van der Waals surface area (Å²) in [6.45, 7) is 8.01. The SMILES string of the molecule is COCCn1cc(-c2ccc(-c3cnc(C(=O)Nc4ccc(C(=O)N5CCN(C(=O)C6CC[N+](CC(=O)OC=O)(CC7CNC7)CC6)CC5)c(Cl)c4)n3C)c(F)c2F)c(C)n1. The van der Waals surface area contributed by atoms with E-state index in [0.29, 0.717) is 86.9 Å². The molecule has 2 N–H and O–H groups in total. The minimum absolute atomic E-state index is 0.0346. The van der Waals surface area contributed by atoms with Crippen LogP contribution in [-0.2, 0) is 37.4 Å². The number of methoxy groups -OCH3 is 1. The average Bonchev–Trinajstić information content (AvgIpc) is 3.80. The summed E-state index contributed by atoms with van der Waals surface area (Å²) in [7, 11) is 3.08. The molecule has 3 aliphatic rings. The van der Waals surface area contributed by atoms with Crippen molar-refractivity contribution in [2.24, 2.45) is 18.9 Å². The van der Waals surface area contributed by atoms with E-state index in [-0.39, 0.29) is 69.7 Å². The highest BCUT2D eigenvalue weighted by atomic mass is 35.5. The number of nitrogens with one attached hydrogen (secondary N) is 2. The number of rotatable bonds is 14. The van der Waals surface area contributed by atoms with Crippen LogP contribution >= 0.6 is 11.6 Å². The maximum absolute atomic E-state index is 15.6. The van der Waals surface area contributed by atoms with E-state index < -0.39 is 23.5 Å². The molecule has 61 heavy (non-hydrogen) atoms. The van der Waals surface area contributed by atoms with Crippen LogP contribution in [0.1, 0.15) is 39.5 Å². The molecular weight excluding hydrogens is 816 g/mol. The van der Waals surface area contributed by atoms with Crippen LogP contribution in [0, 0.1) is 30.4 Å². The van der Waals surface area contributed by atoms with Gasteiger partial charge in [-0.15, -0.1) is 0 Å². The Bertz CT molecular complexity index is 2310. The molecule has 2 aromatic heterocycles. The summed E-state index contributed by atoms with van der Waals surface area (Å²) in [5.74, 6) is -3.47. The lowest BCUT2D eigenvalue weighted by molar-refractivity contribution is -0.929. The Kier molecular flexibility index (Phi) is 13.3. The third-order valence-electron chi connectivity index (χ3n) is 12.1. The first-order chi connectivity index (χ1) is 29.3. The predicted molar refractivity (Wildman–Crippen MR) is 219 cm³/mol. The summed E-state index contributed by atoms with van der Waals surface area (Å²) in [6, 6.07) is 7.40. The van der Waals surface area contributed by atoms with Crippen LogP contribution in [0.5, 0.6) is 0 Å². The molecule has 0 aliphatic carbocycles. The highest BCUT2D eigenvalue weighted by Crippen LogP contribution is 2.34. The smallest absolute Gasteiger partial charge is 0.369 e. The minimum atomic E-state index is -1.10. The molecule has 3 fully saturated rings. The number of nitrogens with zero attached hydrogens (tertiary/aromatic N) is 7. The number of piperidine rings is 1. The molecule has 0 unspecified atom stereocenters. The molecule has 3 aliphatic heterocycles. The van der Waals surface area contributed by atoms with Crippen LogP contribution in [0.15, 0.2) is 42.7 Å². The number of carbonyl (C=O) groups is 5. The number of anilines is 1. The molecule has 4 aromatic rings. The number of imidazole rings is 1. The molecule has 19 heteroatoms. The van der Waals surface area contributed by atoms with Crippen molar-refractivity contribution in [1.82, 2.24) is 34.4 Å². The van der Waals surface area contributed by atoms with E-state index in [1.54, 1.807) is 34.7 Å². The number of benzene rings is 2. The first-order valence-electron chi connectivity index (χ1n) is 20.2. The summed E-state index contributed by atoms with van der Waals surface area (Å²) < 4.78 is 44.3. The fourth-order valence-corrected chi connectivity index (χ4v) is 8.84. The molecule has 0 bridgehead atoms. The van der Waals surface area contributed by atoms with Crippen molar-refractivity contribution in [1.29, 1.82) is 0 Å². The Labute approximate surface area is 356 Å². The molecule has 0 atom stereocenters. The van der Waals surface area contributed by atoms with E-state index in [9.17, 15) is 24.0 Å². The van der Waals surface area contributed by atoms with Gasteiger partial charge in [0, 0.05) is 107 Å². The predicted octanol–water partition coefficient (Wildman–Crippen LogP) is 3.52. The molecule has 3 saturated heterocycles. The standard InChI is InChI=1S/C42H48ClF2N9O7/c1-26-33(22-53(49-26)14-17-60-3)30-6-7-32(38(45)37(30)44)35-21-47-39(50(35)2)40(57)48-29-4-5-31(34(43)18-29)42(59)52-12-10-51(11-13-52)41(58)28-8-15-54(16-9-28,23-27-19-46-20-27)24-36(56)61-25-55/h4-7,18,21-22,25,27-28,46H,8-17,19-20,23-24H2,1-3H3/p+1. The second-order valence-electron chi connectivity index (χ2n) is 16.0. The quantitative estimate of drug-likeness (QED) is 0.0829. The van der Waals surface area contributed by atoms with Gasteiger partial charge < -0.3 is 39.0 Å². The van der Waals surface area contributed by atoms with Gasteiger partial charge in [0.25, 0.3) is 11.8 Å². The van der Waals surface area contributed by atoms with E-state index in [1.807, 2.05) is 0 Å². The normalized spacial score (nSPS) is 19.3. The van der Waals surface area contributed by atoms with Crippen LogP contribution in [0.4, 0.5) is 14.5 Å². The van der Waals surface area contributed by atoms with Crippen LogP contribution in [0.25, 0.3) is 22.4 Å². The Morgan fingerprint density at radius 1 is 1.00 bits per heavy atom. The van der Waals surface area contributed by atoms with Gasteiger partial charge in [-0.2, -0.15) is 5.10 Å². The number of amides is 3. The summed E-state index contributed by atoms with van der Waals surface area (Å²) in [6.07, 6.45) is 4.15. The first-order valence-corrected chi connectivity index (χ1v) is 20.6. The van der Waals surface area contributed by atoms with Crippen molar-refractivity contribution in [3.05, 3.63) is 76.5 Å². The largest absolute Gasteiger partial charge is 0.391 e. The molecule has 16 nitrogen and oxygen atoms in total. The van der Waals surface area contributed by atoms with Gasteiger partial charge in [-0.3, -0.25) is 23.9 Å². The minimum Gasteiger partial charge on any atom is -0.391 e. The molecule has 324 valence electrons. The second kappa shape index (κ2) is 18.6. The zero-order valence-electron chi connectivity index (χ0n) is 34.3. The van der Waals surface area contributed by atoms with E-state index in [4.69, 9.17) is 16.3 Å². The van der Waals surface area contributed by atoms with Crippen molar-refractivity contribution in [2.45, 2.75) is 26.3 Å². The van der Waals surface area contributed by atoms with Crippen LogP contribution in [-0.4, -0.2) is 143 Å².